The Labute approximate surface area is 168 Å². The first kappa shape index (κ1) is 18.1. The van der Waals surface area contributed by atoms with Crippen molar-refractivity contribution in [2.45, 2.75) is 32.2 Å². The van der Waals surface area contributed by atoms with E-state index in [-0.39, 0.29) is 12.3 Å². The van der Waals surface area contributed by atoms with Crippen LogP contribution in [-0.2, 0) is 30.6 Å². The van der Waals surface area contributed by atoms with Crippen molar-refractivity contribution < 1.29 is 4.79 Å². The number of para-hydroxylation sites is 1. The lowest BCUT2D eigenvalue weighted by molar-refractivity contribution is -0.120. The van der Waals surface area contributed by atoms with Crippen LogP contribution in [0.5, 0.6) is 0 Å². The van der Waals surface area contributed by atoms with Crippen LogP contribution < -0.4 is 5.32 Å². The van der Waals surface area contributed by atoms with Crippen LogP contribution in [0.15, 0.2) is 48.5 Å². The standard InChI is InChI=1S/C21H19Cl2N3O/c22-17-10-9-14(11-18(17)23)12-21(27)24-13-19-16-7-4-8-20(16)26(25-19)15-5-2-1-3-6-15/h1-3,5-6,9-11H,4,7-8,12-13H2,(H,24,27). The molecule has 0 atom stereocenters. The number of carbonyl (C=O) groups excluding carboxylic acids is 1. The summed E-state index contributed by atoms with van der Waals surface area (Å²) < 4.78 is 2.02. The quantitative estimate of drug-likeness (QED) is 0.684. The first-order chi connectivity index (χ1) is 13.1. The molecule has 2 aromatic carbocycles. The second kappa shape index (κ2) is 7.75. The highest BCUT2D eigenvalue weighted by Gasteiger charge is 2.23. The van der Waals surface area contributed by atoms with Crippen LogP contribution in [-0.4, -0.2) is 15.7 Å². The molecular weight excluding hydrogens is 381 g/mol. The van der Waals surface area contributed by atoms with Gasteiger partial charge in [-0.2, -0.15) is 5.10 Å². The van der Waals surface area contributed by atoms with E-state index in [9.17, 15) is 4.79 Å². The molecule has 0 aliphatic heterocycles. The van der Waals surface area contributed by atoms with E-state index in [4.69, 9.17) is 28.3 Å². The molecule has 4 rings (SSSR count). The summed E-state index contributed by atoms with van der Waals surface area (Å²) in [6.45, 7) is 0.433. The molecule has 0 fully saturated rings. The van der Waals surface area contributed by atoms with Crippen LogP contribution >= 0.6 is 23.2 Å². The smallest absolute Gasteiger partial charge is 0.224 e. The van der Waals surface area contributed by atoms with Gasteiger partial charge in [0.2, 0.25) is 5.91 Å². The van der Waals surface area contributed by atoms with Gasteiger partial charge in [-0.3, -0.25) is 4.79 Å². The molecule has 0 unspecified atom stereocenters. The zero-order chi connectivity index (χ0) is 18.8. The maximum atomic E-state index is 12.3. The van der Waals surface area contributed by atoms with E-state index < -0.39 is 0 Å². The molecule has 1 N–H and O–H groups in total. The summed E-state index contributed by atoms with van der Waals surface area (Å²) in [5.41, 5.74) is 5.38. The highest BCUT2D eigenvalue weighted by Crippen LogP contribution is 2.28. The van der Waals surface area contributed by atoms with Crippen molar-refractivity contribution in [3.8, 4) is 5.69 Å². The Hall–Kier alpha value is -2.30. The Morgan fingerprint density at radius 1 is 1.07 bits per heavy atom. The predicted molar refractivity (Wildman–Crippen MR) is 108 cm³/mol. The van der Waals surface area contributed by atoms with Gasteiger partial charge in [-0.25, -0.2) is 4.68 Å². The van der Waals surface area contributed by atoms with E-state index in [1.54, 1.807) is 12.1 Å². The minimum absolute atomic E-state index is 0.0607. The van der Waals surface area contributed by atoms with Gasteiger partial charge in [0.25, 0.3) is 0 Å². The molecule has 1 aliphatic rings. The number of halogens is 2. The molecule has 1 aromatic heterocycles. The third-order valence-electron chi connectivity index (χ3n) is 4.82. The average Bonchev–Trinajstić information content (AvgIpc) is 3.27. The van der Waals surface area contributed by atoms with E-state index in [0.29, 0.717) is 16.6 Å². The summed E-state index contributed by atoms with van der Waals surface area (Å²) in [4.78, 5) is 12.3. The number of nitrogens with zero attached hydrogens (tertiary/aromatic N) is 2. The highest BCUT2D eigenvalue weighted by atomic mass is 35.5. The molecule has 0 saturated heterocycles. The fraction of sp³-hybridized carbons (Fsp3) is 0.238. The Morgan fingerprint density at radius 3 is 2.67 bits per heavy atom. The molecule has 0 bridgehead atoms. The normalized spacial score (nSPS) is 12.8. The number of hydrogen-bond acceptors (Lipinski definition) is 2. The molecule has 0 spiro atoms. The molecule has 6 heteroatoms. The van der Waals surface area contributed by atoms with Crippen molar-refractivity contribution >= 4 is 29.1 Å². The first-order valence-electron chi connectivity index (χ1n) is 8.97. The average molecular weight is 400 g/mol. The van der Waals surface area contributed by atoms with Crippen molar-refractivity contribution in [2.75, 3.05) is 0 Å². The largest absolute Gasteiger partial charge is 0.350 e. The number of benzene rings is 2. The lowest BCUT2D eigenvalue weighted by Gasteiger charge is -2.06. The molecule has 0 saturated carbocycles. The number of fused-ring (bicyclic) bond motifs is 1. The Balaban J connectivity index is 1.47. The predicted octanol–water partition coefficient (Wildman–Crippen LogP) is 4.53. The molecule has 1 aliphatic carbocycles. The van der Waals surface area contributed by atoms with Crippen LogP contribution in [0.2, 0.25) is 10.0 Å². The topological polar surface area (TPSA) is 46.9 Å². The summed E-state index contributed by atoms with van der Waals surface area (Å²) in [6.07, 6.45) is 3.43. The van der Waals surface area contributed by atoms with E-state index in [2.05, 4.69) is 17.4 Å². The van der Waals surface area contributed by atoms with E-state index in [1.807, 2.05) is 28.9 Å². The minimum Gasteiger partial charge on any atom is -0.350 e. The maximum Gasteiger partial charge on any atom is 0.224 e. The summed E-state index contributed by atoms with van der Waals surface area (Å²) in [7, 11) is 0. The van der Waals surface area contributed by atoms with Crippen LogP contribution in [0.1, 0.15) is 28.9 Å². The molecule has 0 radical (unpaired) electrons. The zero-order valence-corrected chi connectivity index (χ0v) is 16.2. The summed E-state index contributed by atoms with van der Waals surface area (Å²) in [5.74, 6) is -0.0607. The van der Waals surface area contributed by atoms with E-state index in [1.165, 1.54) is 11.3 Å². The van der Waals surface area contributed by atoms with Crippen LogP contribution in [0.4, 0.5) is 0 Å². The third kappa shape index (κ3) is 3.87. The number of rotatable bonds is 5. The van der Waals surface area contributed by atoms with Gasteiger partial charge in [0.05, 0.1) is 34.4 Å². The second-order valence-electron chi connectivity index (χ2n) is 6.67. The Kier molecular flexibility index (Phi) is 5.19. The van der Waals surface area contributed by atoms with Gasteiger partial charge >= 0.3 is 0 Å². The number of nitrogens with one attached hydrogen (secondary N) is 1. The maximum absolute atomic E-state index is 12.3. The molecule has 1 amide bonds. The second-order valence-corrected chi connectivity index (χ2v) is 7.49. The van der Waals surface area contributed by atoms with Crippen LogP contribution in [0.3, 0.4) is 0 Å². The highest BCUT2D eigenvalue weighted by molar-refractivity contribution is 6.42. The van der Waals surface area contributed by atoms with Gasteiger partial charge in [0.15, 0.2) is 0 Å². The Morgan fingerprint density at radius 2 is 1.89 bits per heavy atom. The van der Waals surface area contributed by atoms with Crippen molar-refractivity contribution in [1.29, 1.82) is 0 Å². The monoisotopic (exact) mass is 399 g/mol. The molecular formula is C21H19Cl2N3O. The van der Waals surface area contributed by atoms with Gasteiger partial charge < -0.3 is 5.32 Å². The van der Waals surface area contributed by atoms with Crippen molar-refractivity contribution in [3.05, 3.63) is 81.1 Å². The lowest BCUT2D eigenvalue weighted by Crippen LogP contribution is -2.25. The van der Waals surface area contributed by atoms with Crippen molar-refractivity contribution in [2.24, 2.45) is 0 Å². The Bertz CT molecular complexity index is 983. The van der Waals surface area contributed by atoms with Gasteiger partial charge in [0, 0.05) is 5.69 Å². The number of amides is 1. The van der Waals surface area contributed by atoms with Gasteiger partial charge in [-0.05, 0) is 54.7 Å². The van der Waals surface area contributed by atoms with E-state index in [0.717, 1.165) is 36.2 Å². The van der Waals surface area contributed by atoms with Crippen molar-refractivity contribution in [1.82, 2.24) is 15.1 Å². The van der Waals surface area contributed by atoms with E-state index >= 15 is 0 Å². The number of hydrogen-bond donors (Lipinski definition) is 1. The lowest BCUT2D eigenvalue weighted by atomic mass is 10.1. The minimum atomic E-state index is -0.0607. The first-order valence-corrected chi connectivity index (χ1v) is 9.73. The summed E-state index contributed by atoms with van der Waals surface area (Å²) in [5, 5.41) is 8.70. The fourth-order valence-corrected chi connectivity index (χ4v) is 3.84. The number of carbonyl (C=O) groups is 1. The van der Waals surface area contributed by atoms with Crippen LogP contribution in [0, 0.1) is 0 Å². The fourth-order valence-electron chi connectivity index (χ4n) is 3.52. The van der Waals surface area contributed by atoms with Gasteiger partial charge in [0.1, 0.15) is 0 Å². The molecule has 3 aromatic rings. The molecule has 27 heavy (non-hydrogen) atoms. The molecule has 1 heterocycles. The SMILES string of the molecule is O=C(Cc1ccc(Cl)c(Cl)c1)NCc1nn(-c2ccccc2)c2c1CCC2. The number of aromatic nitrogens is 2. The van der Waals surface area contributed by atoms with Gasteiger partial charge in [-0.15, -0.1) is 0 Å². The molecule has 138 valence electrons. The van der Waals surface area contributed by atoms with Crippen molar-refractivity contribution in [3.63, 3.8) is 0 Å². The molecule has 4 nitrogen and oxygen atoms in total. The summed E-state index contributed by atoms with van der Waals surface area (Å²) >= 11 is 11.9. The van der Waals surface area contributed by atoms with Gasteiger partial charge in [-0.1, -0.05) is 47.5 Å². The summed E-state index contributed by atoms with van der Waals surface area (Å²) in [6, 6.07) is 15.4. The zero-order valence-electron chi connectivity index (χ0n) is 14.7. The van der Waals surface area contributed by atoms with Crippen LogP contribution in [0.25, 0.3) is 5.69 Å². The third-order valence-corrected chi connectivity index (χ3v) is 5.55.